The minimum Gasteiger partial charge on any atom is -0.457 e. The highest BCUT2D eigenvalue weighted by Crippen LogP contribution is 2.29. The number of benzene rings is 1. The lowest BCUT2D eigenvalue weighted by Gasteiger charge is -2.18. The number of hydrogen-bond acceptors (Lipinski definition) is 6. The van der Waals surface area contributed by atoms with E-state index in [4.69, 9.17) is 16.3 Å². The van der Waals surface area contributed by atoms with Crippen molar-refractivity contribution in [2.75, 3.05) is 18.1 Å². The summed E-state index contributed by atoms with van der Waals surface area (Å²) < 4.78 is 30.8. The van der Waals surface area contributed by atoms with E-state index in [2.05, 4.69) is 5.32 Å². The monoisotopic (exact) mass is 494 g/mol. The van der Waals surface area contributed by atoms with E-state index in [0.717, 1.165) is 5.69 Å². The van der Waals surface area contributed by atoms with Crippen molar-refractivity contribution in [2.45, 2.75) is 45.7 Å². The Morgan fingerprint density at radius 1 is 1.21 bits per heavy atom. The molecule has 2 aromatic rings. The van der Waals surface area contributed by atoms with Crippen LogP contribution >= 0.6 is 11.6 Å². The lowest BCUT2D eigenvalue weighted by atomic mass is 10.0. The number of halogens is 1. The summed E-state index contributed by atoms with van der Waals surface area (Å²) >= 11 is 5.90. The Morgan fingerprint density at radius 3 is 2.45 bits per heavy atom. The number of Topliss-reactive ketones (excluding diaryl/α,β-unsaturated/α-hetero) is 1. The number of nitrogens with zero attached hydrogens (tertiary/aromatic N) is 1. The van der Waals surface area contributed by atoms with E-state index in [1.807, 2.05) is 11.5 Å². The summed E-state index contributed by atoms with van der Waals surface area (Å²) in [7, 11) is -3.07. The van der Waals surface area contributed by atoms with Crippen LogP contribution < -0.4 is 5.32 Å². The van der Waals surface area contributed by atoms with Gasteiger partial charge in [-0.25, -0.2) is 8.42 Å². The summed E-state index contributed by atoms with van der Waals surface area (Å²) in [5.74, 6) is -1.11. The van der Waals surface area contributed by atoms with Crippen LogP contribution in [0, 0.1) is 13.8 Å². The highest BCUT2D eigenvalue weighted by Gasteiger charge is 2.32. The molecule has 2 heterocycles. The van der Waals surface area contributed by atoms with Gasteiger partial charge in [-0.2, -0.15) is 0 Å². The van der Waals surface area contributed by atoms with Crippen LogP contribution in [0.5, 0.6) is 0 Å². The molecule has 1 aliphatic heterocycles. The minimum atomic E-state index is -3.07. The third-order valence-electron chi connectivity index (χ3n) is 5.74. The number of nitrogens with one attached hydrogen (secondary N) is 1. The van der Waals surface area contributed by atoms with Crippen molar-refractivity contribution >= 4 is 39.1 Å². The molecule has 1 amide bonds. The Balaban J connectivity index is 1.65. The second-order valence-corrected chi connectivity index (χ2v) is 11.0. The molecule has 1 N–H and O–H groups in total. The van der Waals surface area contributed by atoms with Gasteiger partial charge >= 0.3 is 5.97 Å². The highest BCUT2D eigenvalue weighted by molar-refractivity contribution is 7.91. The topological polar surface area (TPSA) is 112 Å². The zero-order chi connectivity index (χ0) is 24.3. The van der Waals surface area contributed by atoms with Gasteiger partial charge in [-0.1, -0.05) is 23.7 Å². The molecule has 1 fully saturated rings. The lowest BCUT2D eigenvalue weighted by molar-refractivity contribution is -0.143. The number of ether oxygens (including phenoxy) is 1. The van der Waals surface area contributed by atoms with Crippen LogP contribution in [0.1, 0.15) is 59.2 Å². The molecule has 0 bridgehead atoms. The van der Waals surface area contributed by atoms with Crippen LogP contribution in [-0.2, 0) is 24.2 Å². The van der Waals surface area contributed by atoms with Gasteiger partial charge in [0.05, 0.1) is 24.0 Å². The van der Waals surface area contributed by atoms with Crippen LogP contribution in [0.15, 0.2) is 30.3 Å². The van der Waals surface area contributed by atoms with Gasteiger partial charge in [0, 0.05) is 34.9 Å². The normalized spacial score (nSPS) is 18.0. The van der Waals surface area contributed by atoms with Gasteiger partial charge in [-0.3, -0.25) is 14.4 Å². The molecule has 0 aliphatic carbocycles. The highest BCUT2D eigenvalue weighted by atomic mass is 35.5. The molecule has 1 saturated heterocycles. The Bertz CT molecular complexity index is 1170. The first-order chi connectivity index (χ1) is 15.5. The van der Waals surface area contributed by atoms with Crippen LogP contribution in [0.2, 0.25) is 5.02 Å². The predicted molar refractivity (Wildman–Crippen MR) is 124 cm³/mol. The number of hydrogen-bond donors (Lipinski definition) is 1. The number of esters is 1. The SMILES string of the molecule is CC(=O)NC(CC(=O)OCC(=O)c1cc(C)n(C2CCS(=O)(=O)C2)c1C)c1ccc(Cl)cc1. The molecule has 10 heteroatoms. The van der Waals surface area contributed by atoms with Gasteiger partial charge in [-0.15, -0.1) is 0 Å². The fourth-order valence-electron chi connectivity index (χ4n) is 4.24. The standard InChI is InChI=1S/C23H27ClN2O6S/c1-14-10-20(15(2)26(14)19-8-9-33(30,31)13-19)22(28)12-32-23(29)11-21(25-16(3)27)17-4-6-18(24)7-5-17/h4-7,10,19,21H,8-9,11-13H2,1-3H3,(H,25,27). The minimum absolute atomic E-state index is 0.0568. The Kier molecular flexibility index (Phi) is 7.64. The van der Waals surface area contributed by atoms with Gasteiger partial charge in [0.15, 0.2) is 16.4 Å². The molecular weight excluding hydrogens is 468 g/mol. The summed E-state index contributed by atoms with van der Waals surface area (Å²) in [6.45, 7) is 4.49. The van der Waals surface area contributed by atoms with E-state index in [9.17, 15) is 22.8 Å². The predicted octanol–water partition coefficient (Wildman–Crippen LogP) is 3.11. The van der Waals surface area contributed by atoms with E-state index >= 15 is 0 Å². The number of sulfone groups is 1. The van der Waals surface area contributed by atoms with Crippen LogP contribution in [0.25, 0.3) is 0 Å². The van der Waals surface area contributed by atoms with Crippen molar-refractivity contribution in [3.05, 3.63) is 57.9 Å². The summed E-state index contributed by atoms with van der Waals surface area (Å²) in [6, 6.07) is 7.62. The molecule has 178 valence electrons. The molecule has 8 nitrogen and oxygen atoms in total. The number of aromatic nitrogens is 1. The maximum Gasteiger partial charge on any atom is 0.308 e. The molecule has 1 aromatic heterocycles. The van der Waals surface area contributed by atoms with Crippen molar-refractivity contribution in [2.24, 2.45) is 0 Å². The van der Waals surface area contributed by atoms with E-state index in [1.165, 1.54) is 6.92 Å². The van der Waals surface area contributed by atoms with Gasteiger partial charge in [-0.05, 0) is 44.0 Å². The molecule has 0 spiro atoms. The fourth-order valence-corrected chi connectivity index (χ4v) is 6.07. The summed E-state index contributed by atoms with van der Waals surface area (Å²) in [5.41, 5.74) is 2.54. The average Bonchev–Trinajstić information content (AvgIpc) is 3.23. The smallest absolute Gasteiger partial charge is 0.308 e. The zero-order valence-corrected chi connectivity index (χ0v) is 20.3. The number of amides is 1. The lowest BCUT2D eigenvalue weighted by Crippen LogP contribution is -2.29. The molecule has 3 rings (SSSR count). The van der Waals surface area contributed by atoms with Gasteiger partial charge in [0.2, 0.25) is 11.7 Å². The van der Waals surface area contributed by atoms with Gasteiger partial charge in [0.1, 0.15) is 0 Å². The second-order valence-electron chi connectivity index (χ2n) is 8.30. The van der Waals surface area contributed by atoms with Crippen LogP contribution in [0.3, 0.4) is 0 Å². The van der Waals surface area contributed by atoms with Crippen LogP contribution in [0.4, 0.5) is 0 Å². The van der Waals surface area contributed by atoms with E-state index in [1.54, 1.807) is 37.3 Å². The van der Waals surface area contributed by atoms with Crippen LogP contribution in [-0.4, -0.2) is 48.8 Å². The largest absolute Gasteiger partial charge is 0.457 e. The van der Waals surface area contributed by atoms with Gasteiger partial charge < -0.3 is 14.6 Å². The molecule has 1 aromatic carbocycles. The Hall–Kier alpha value is -2.65. The number of rotatable bonds is 8. The maximum atomic E-state index is 12.8. The molecule has 33 heavy (non-hydrogen) atoms. The molecular formula is C23H27ClN2O6S. The first-order valence-corrected chi connectivity index (χ1v) is 12.8. The second kappa shape index (κ2) is 10.1. The third kappa shape index (κ3) is 6.23. The number of ketones is 1. The number of carbonyl (C=O) groups is 3. The van der Waals surface area contributed by atoms with Crippen molar-refractivity contribution in [3.63, 3.8) is 0 Å². The quantitative estimate of drug-likeness (QED) is 0.446. The molecule has 2 unspecified atom stereocenters. The van der Waals surface area contributed by atoms with Crippen molar-refractivity contribution < 1.29 is 27.5 Å². The summed E-state index contributed by atoms with van der Waals surface area (Å²) in [6.07, 6.45) is 0.365. The number of aryl methyl sites for hydroxylation is 1. The average molecular weight is 495 g/mol. The Labute approximate surface area is 198 Å². The third-order valence-corrected chi connectivity index (χ3v) is 7.75. The molecule has 0 saturated carbocycles. The van der Waals surface area contributed by atoms with E-state index in [-0.39, 0.29) is 35.7 Å². The van der Waals surface area contributed by atoms with E-state index < -0.39 is 28.5 Å². The first-order valence-electron chi connectivity index (χ1n) is 10.6. The van der Waals surface area contributed by atoms with Crippen molar-refractivity contribution in [3.8, 4) is 0 Å². The first kappa shape index (κ1) is 25.0. The molecule has 0 radical (unpaired) electrons. The number of carbonyl (C=O) groups excluding carboxylic acids is 3. The summed E-state index contributed by atoms with van der Waals surface area (Å²) in [5, 5.41) is 3.23. The van der Waals surface area contributed by atoms with Crippen molar-refractivity contribution in [1.82, 2.24) is 9.88 Å². The zero-order valence-electron chi connectivity index (χ0n) is 18.8. The molecule has 1 aliphatic rings. The van der Waals surface area contributed by atoms with E-state index in [0.29, 0.717) is 28.3 Å². The molecule has 2 atom stereocenters. The van der Waals surface area contributed by atoms with Gasteiger partial charge in [0.25, 0.3) is 0 Å². The maximum absolute atomic E-state index is 12.8. The Morgan fingerprint density at radius 2 is 1.88 bits per heavy atom. The van der Waals surface area contributed by atoms with Crippen molar-refractivity contribution in [1.29, 1.82) is 0 Å². The fraction of sp³-hybridized carbons (Fsp3) is 0.435. The summed E-state index contributed by atoms with van der Waals surface area (Å²) in [4.78, 5) is 36.7.